The molecule has 0 bridgehead atoms. The Kier molecular flexibility index (Phi) is 4.02. The van der Waals surface area contributed by atoms with Gasteiger partial charge in [0.25, 0.3) is 0 Å². The van der Waals surface area contributed by atoms with Crippen LogP contribution in [0, 0.1) is 11.9 Å². The molecule has 0 aliphatic carbocycles. The van der Waals surface area contributed by atoms with E-state index in [2.05, 4.69) is 35.3 Å². The zero-order chi connectivity index (χ0) is 14.2. The summed E-state index contributed by atoms with van der Waals surface area (Å²) < 4.78 is 13.0. The molecule has 0 aliphatic heterocycles. The van der Waals surface area contributed by atoms with Crippen molar-refractivity contribution in [1.82, 2.24) is 4.98 Å². The van der Waals surface area contributed by atoms with Gasteiger partial charge in [-0.2, -0.15) is 0 Å². The van der Waals surface area contributed by atoms with Gasteiger partial charge in [0.15, 0.2) is 0 Å². The fourth-order valence-electron chi connectivity index (χ4n) is 2.61. The van der Waals surface area contributed by atoms with Gasteiger partial charge < -0.3 is 4.98 Å². The summed E-state index contributed by atoms with van der Waals surface area (Å²) in [5.74, 6) is -0.287. The third kappa shape index (κ3) is 2.54. The van der Waals surface area contributed by atoms with E-state index in [0.29, 0.717) is 0 Å². The first-order chi connectivity index (χ1) is 10.3. The first-order valence-corrected chi connectivity index (χ1v) is 6.76. The van der Waals surface area contributed by atoms with Crippen LogP contribution in [0.3, 0.4) is 0 Å². The van der Waals surface area contributed by atoms with Crippen LogP contribution in [-0.4, -0.2) is 4.98 Å². The molecule has 3 heteroatoms. The van der Waals surface area contributed by atoms with Crippen LogP contribution in [0.4, 0.5) is 4.39 Å². The molecule has 1 nitrogen and oxygen atoms in total. The molecular weight excluding hydrogens is 453 g/mol. The van der Waals surface area contributed by atoms with Crippen molar-refractivity contribution in [2.45, 2.75) is 0 Å². The minimum absolute atomic E-state index is 0. The largest absolute Gasteiger partial charge is 0.304 e. The molecule has 0 amide bonds. The van der Waals surface area contributed by atoms with Gasteiger partial charge in [-0.15, -0.1) is 29.8 Å². The minimum Gasteiger partial charge on any atom is -0.304 e. The molecule has 3 aromatic carbocycles. The summed E-state index contributed by atoms with van der Waals surface area (Å²) in [5, 5.41) is 4.64. The van der Waals surface area contributed by atoms with E-state index in [1.54, 1.807) is 6.07 Å². The molecular formula is C19H11FIrN-. The predicted molar refractivity (Wildman–Crippen MR) is 83.5 cm³/mol. The predicted octanol–water partition coefficient (Wildman–Crippen LogP) is 4.99. The molecule has 0 aliphatic rings. The second-order valence-electron chi connectivity index (χ2n) is 5.00. The SMILES string of the molecule is Fc1c[c-]c(-c2cc3ccc4ccccc4c3cn2)cc1.[Ir]. The van der Waals surface area contributed by atoms with Gasteiger partial charge in [-0.05, 0) is 21.9 Å². The molecule has 4 rings (SSSR count). The fourth-order valence-corrected chi connectivity index (χ4v) is 2.61. The molecule has 0 saturated heterocycles. The summed E-state index contributed by atoms with van der Waals surface area (Å²) in [6.07, 6.45) is 1.88. The van der Waals surface area contributed by atoms with E-state index in [4.69, 9.17) is 0 Å². The third-order valence-corrected chi connectivity index (χ3v) is 3.68. The molecule has 0 saturated carbocycles. The van der Waals surface area contributed by atoms with Crippen molar-refractivity contribution in [3.05, 3.63) is 78.7 Å². The van der Waals surface area contributed by atoms with Crippen molar-refractivity contribution in [3.8, 4) is 11.3 Å². The number of hydrogen-bond donors (Lipinski definition) is 0. The van der Waals surface area contributed by atoms with Gasteiger partial charge in [-0.1, -0.05) is 42.5 Å². The van der Waals surface area contributed by atoms with Gasteiger partial charge in [-0.25, -0.2) is 0 Å². The van der Waals surface area contributed by atoms with Crippen molar-refractivity contribution in [3.63, 3.8) is 0 Å². The molecule has 0 atom stereocenters. The van der Waals surface area contributed by atoms with Gasteiger partial charge >= 0.3 is 0 Å². The second kappa shape index (κ2) is 5.96. The first kappa shape index (κ1) is 14.8. The zero-order valence-corrected chi connectivity index (χ0v) is 13.9. The minimum atomic E-state index is -0.287. The Hall–Kier alpha value is -2.09. The van der Waals surface area contributed by atoms with E-state index in [1.807, 2.05) is 24.4 Å². The van der Waals surface area contributed by atoms with Crippen molar-refractivity contribution < 1.29 is 24.5 Å². The maximum Gasteiger partial charge on any atom is 0.0379 e. The van der Waals surface area contributed by atoms with Gasteiger partial charge in [0.1, 0.15) is 0 Å². The molecule has 0 spiro atoms. The summed E-state index contributed by atoms with van der Waals surface area (Å²) in [5.41, 5.74) is 1.60. The average molecular weight is 465 g/mol. The average Bonchev–Trinajstić information content (AvgIpc) is 2.55. The van der Waals surface area contributed by atoms with E-state index >= 15 is 0 Å². The van der Waals surface area contributed by atoms with Crippen LogP contribution in [0.1, 0.15) is 0 Å². The van der Waals surface area contributed by atoms with Crippen LogP contribution < -0.4 is 0 Å². The van der Waals surface area contributed by atoms with Crippen molar-refractivity contribution >= 4 is 21.5 Å². The number of hydrogen-bond acceptors (Lipinski definition) is 1. The van der Waals surface area contributed by atoms with E-state index in [1.165, 1.54) is 22.9 Å². The third-order valence-electron chi connectivity index (χ3n) is 3.68. The van der Waals surface area contributed by atoms with Gasteiger partial charge in [0.2, 0.25) is 0 Å². The number of pyridine rings is 1. The van der Waals surface area contributed by atoms with Crippen LogP contribution in [0.15, 0.2) is 66.9 Å². The summed E-state index contributed by atoms with van der Waals surface area (Å²) in [6, 6.07) is 21.9. The van der Waals surface area contributed by atoms with Crippen LogP contribution in [0.5, 0.6) is 0 Å². The Balaban J connectivity index is 0.00000144. The summed E-state index contributed by atoms with van der Waals surface area (Å²) in [6.45, 7) is 0. The van der Waals surface area contributed by atoms with Crippen molar-refractivity contribution in [2.75, 3.05) is 0 Å². The molecule has 4 aromatic rings. The van der Waals surface area contributed by atoms with Gasteiger partial charge in [-0.3, -0.25) is 4.39 Å². The molecule has 109 valence electrons. The number of nitrogens with zero attached hydrogens (tertiary/aromatic N) is 1. The van der Waals surface area contributed by atoms with E-state index in [-0.39, 0.29) is 25.9 Å². The standard InChI is InChI=1S/C19H11FN.Ir/c20-16-9-7-14(8-10-16)19-11-15-6-5-13-3-1-2-4-17(13)18(15)12-21-19;/h1-7,9-12H;/q-1;. The van der Waals surface area contributed by atoms with Crippen LogP contribution >= 0.6 is 0 Å². The normalized spacial score (nSPS) is 10.6. The molecule has 1 aromatic heterocycles. The number of rotatable bonds is 1. The van der Waals surface area contributed by atoms with Gasteiger partial charge in [0.05, 0.1) is 0 Å². The molecule has 22 heavy (non-hydrogen) atoms. The summed E-state index contributed by atoms with van der Waals surface area (Å²) in [7, 11) is 0. The van der Waals surface area contributed by atoms with Crippen LogP contribution in [0.25, 0.3) is 32.8 Å². The van der Waals surface area contributed by atoms with Gasteiger partial charge in [0, 0.05) is 37.5 Å². The Morgan fingerprint density at radius 1 is 0.864 bits per heavy atom. The maximum absolute atomic E-state index is 13.0. The molecule has 0 unspecified atom stereocenters. The second-order valence-corrected chi connectivity index (χ2v) is 5.00. The van der Waals surface area contributed by atoms with Crippen molar-refractivity contribution in [2.24, 2.45) is 0 Å². The quantitative estimate of drug-likeness (QED) is 0.286. The first-order valence-electron chi connectivity index (χ1n) is 6.76. The van der Waals surface area contributed by atoms with E-state index < -0.39 is 0 Å². The Morgan fingerprint density at radius 3 is 2.50 bits per heavy atom. The van der Waals surface area contributed by atoms with E-state index in [0.717, 1.165) is 22.0 Å². The molecule has 1 radical (unpaired) electrons. The Labute approximate surface area is 141 Å². The molecule has 1 heterocycles. The summed E-state index contributed by atoms with van der Waals surface area (Å²) >= 11 is 0. The van der Waals surface area contributed by atoms with Crippen LogP contribution in [0.2, 0.25) is 0 Å². The Morgan fingerprint density at radius 2 is 1.68 bits per heavy atom. The molecule has 0 fully saturated rings. The topological polar surface area (TPSA) is 12.9 Å². The Bertz CT molecular complexity index is 948. The number of fused-ring (bicyclic) bond motifs is 3. The van der Waals surface area contributed by atoms with Crippen LogP contribution in [-0.2, 0) is 20.1 Å². The summed E-state index contributed by atoms with van der Waals surface area (Å²) in [4.78, 5) is 4.50. The number of halogens is 1. The number of aromatic nitrogens is 1. The maximum atomic E-state index is 13.0. The monoisotopic (exact) mass is 465 g/mol. The number of benzene rings is 3. The smallest absolute Gasteiger partial charge is 0.0379 e. The van der Waals surface area contributed by atoms with Crippen molar-refractivity contribution in [1.29, 1.82) is 0 Å². The fraction of sp³-hybridized carbons (Fsp3) is 0. The zero-order valence-electron chi connectivity index (χ0n) is 11.5. The van der Waals surface area contributed by atoms with E-state index in [9.17, 15) is 4.39 Å². The molecule has 0 N–H and O–H groups in total.